The van der Waals surface area contributed by atoms with Gasteiger partial charge in [0, 0.05) is 37.5 Å². The highest BCUT2D eigenvalue weighted by Crippen LogP contribution is 2.29. The molecule has 3 N–H and O–H groups in total. The average molecular weight is 556 g/mol. The zero-order chi connectivity index (χ0) is 28.5. The van der Waals surface area contributed by atoms with E-state index in [-0.39, 0.29) is 29.7 Å². The summed E-state index contributed by atoms with van der Waals surface area (Å²) >= 11 is 1.57. The van der Waals surface area contributed by atoms with Gasteiger partial charge >= 0.3 is 0 Å². The number of aromatic nitrogens is 1. The van der Waals surface area contributed by atoms with Crippen LogP contribution in [0.3, 0.4) is 0 Å². The molecule has 0 radical (unpaired) electrons. The molecule has 3 rings (SSSR count). The van der Waals surface area contributed by atoms with Crippen molar-refractivity contribution < 1.29 is 14.4 Å². The van der Waals surface area contributed by atoms with Crippen LogP contribution in [-0.2, 0) is 20.8 Å². The summed E-state index contributed by atoms with van der Waals surface area (Å²) in [4.78, 5) is 45.5. The molecule has 0 saturated heterocycles. The lowest BCUT2D eigenvalue weighted by Gasteiger charge is -2.28. The fraction of sp³-hybridized carbons (Fsp3) is 0.600. The van der Waals surface area contributed by atoms with Crippen molar-refractivity contribution in [3.05, 3.63) is 40.9 Å². The van der Waals surface area contributed by atoms with E-state index in [9.17, 15) is 14.4 Å². The van der Waals surface area contributed by atoms with Crippen LogP contribution in [0, 0.1) is 5.92 Å². The summed E-state index contributed by atoms with van der Waals surface area (Å²) in [6.07, 6.45) is 5.61. The maximum atomic E-state index is 13.7. The molecule has 2 atom stereocenters. The number of fused-ring (bicyclic) bond motifs is 1. The second-order valence-electron chi connectivity index (χ2n) is 11.3. The van der Waals surface area contributed by atoms with Crippen molar-refractivity contribution in [2.24, 2.45) is 5.92 Å². The SMILES string of the molecule is C=C(CN(C)C)C(=O)NC[C@@H](NC(=O)[C@H](Cc1nc2ccc(C(C)C)cc2s1)NC(=O)CCC)C1CCCC1. The first-order chi connectivity index (χ1) is 18.6. The number of benzene rings is 1. The number of nitrogens with one attached hydrogen (secondary N) is 3. The van der Waals surface area contributed by atoms with Crippen LogP contribution in [0.15, 0.2) is 30.4 Å². The molecular weight excluding hydrogens is 510 g/mol. The molecule has 214 valence electrons. The highest BCUT2D eigenvalue weighted by atomic mass is 32.1. The van der Waals surface area contributed by atoms with Gasteiger partial charge in [-0.3, -0.25) is 14.4 Å². The summed E-state index contributed by atoms with van der Waals surface area (Å²) in [5.74, 6) is 0.107. The summed E-state index contributed by atoms with van der Waals surface area (Å²) < 4.78 is 1.08. The molecule has 1 aliphatic carbocycles. The van der Waals surface area contributed by atoms with Gasteiger partial charge in [-0.1, -0.05) is 46.3 Å². The number of likely N-dealkylation sites (N-methyl/N-ethyl adjacent to an activating group) is 1. The third kappa shape index (κ3) is 9.14. The van der Waals surface area contributed by atoms with Crippen LogP contribution in [0.1, 0.15) is 75.8 Å². The molecule has 39 heavy (non-hydrogen) atoms. The number of amides is 3. The van der Waals surface area contributed by atoms with E-state index in [0.29, 0.717) is 43.8 Å². The Morgan fingerprint density at radius 2 is 1.87 bits per heavy atom. The van der Waals surface area contributed by atoms with Gasteiger partial charge in [0.1, 0.15) is 6.04 Å². The average Bonchev–Trinajstić information content (AvgIpc) is 3.54. The first kappa shape index (κ1) is 30.8. The van der Waals surface area contributed by atoms with Gasteiger partial charge in [0.25, 0.3) is 0 Å². The predicted molar refractivity (Wildman–Crippen MR) is 159 cm³/mol. The number of carbonyl (C=O) groups excluding carboxylic acids is 3. The molecular formula is C30H45N5O3S. The van der Waals surface area contributed by atoms with Gasteiger partial charge in [0.2, 0.25) is 17.7 Å². The highest BCUT2D eigenvalue weighted by molar-refractivity contribution is 7.18. The number of thiazole rings is 1. The van der Waals surface area contributed by atoms with Gasteiger partial charge in [0.15, 0.2) is 0 Å². The first-order valence-electron chi connectivity index (χ1n) is 14.2. The van der Waals surface area contributed by atoms with Gasteiger partial charge in [-0.25, -0.2) is 4.98 Å². The number of rotatable bonds is 14. The maximum absolute atomic E-state index is 13.7. The smallest absolute Gasteiger partial charge is 0.247 e. The molecule has 8 nitrogen and oxygen atoms in total. The van der Waals surface area contributed by atoms with Crippen LogP contribution < -0.4 is 16.0 Å². The van der Waals surface area contributed by atoms with Crippen LogP contribution >= 0.6 is 11.3 Å². The molecule has 3 amide bonds. The summed E-state index contributed by atoms with van der Waals surface area (Å²) in [7, 11) is 3.78. The van der Waals surface area contributed by atoms with Crippen LogP contribution in [0.5, 0.6) is 0 Å². The summed E-state index contributed by atoms with van der Waals surface area (Å²) in [5.41, 5.74) is 2.64. The van der Waals surface area contributed by atoms with Crippen LogP contribution in [0.4, 0.5) is 0 Å². The Bertz CT molecular complexity index is 1150. The van der Waals surface area contributed by atoms with Gasteiger partial charge in [-0.05, 0) is 62.9 Å². The Kier molecular flexibility index (Phi) is 11.5. The fourth-order valence-corrected chi connectivity index (χ4v) is 6.13. The molecule has 1 saturated carbocycles. The molecule has 0 unspecified atom stereocenters. The van der Waals surface area contributed by atoms with Crippen LogP contribution in [0.25, 0.3) is 10.2 Å². The van der Waals surface area contributed by atoms with E-state index in [4.69, 9.17) is 4.98 Å². The standard InChI is InChI=1S/C30H45N5O3S/c1-7-10-27(36)32-24(16-28-33-23-14-13-22(19(2)3)15-26(23)39-28)30(38)34-25(21-11-8-9-12-21)17-31-29(37)20(4)18-35(5)6/h13-15,19,21,24-25H,4,7-12,16-18H2,1-3,5-6H3,(H,31,37)(H,32,36)(H,34,38)/t24-,25+/m0/s1. The van der Waals surface area contributed by atoms with E-state index >= 15 is 0 Å². The lowest BCUT2D eigenvalue weighted by atomic mass is 9.97. The minimum Gasteiger partial charge on any atom is -0.350 e. The molecule has 1 fully saturated rings. The van der Waals surface area contributed by atoms with Crippen molar-refractivity contribution in [3.63, 3.8) is 0 Å². The van der Waals surface area contributed by atoms with E-state index in [1.165, 1.54) is 5.56 Å². The zero-order valence-corrected chi connectivity index (χ0v) is 25.0. The van der Waals surface area contributed by atoms with E-state index in [2.05, 4.69) is 48.5 Å². The topological polar surface area (TPSA) is 103 Å². The van der Waals surface area contributed by atoms with Crippen molar-refractivity contribution in [2.75, 3.05) is 27.2 Å². The first-order valence-corrected chi connectivity index (χ1v) is 15.0. The summed E-state index contributed by atoms with van der Waals surface area (Å²) in [6.45, 7) is 11.0. The van der Waals surface area contributed by atoms with Crippen molar-refractivity contribution >= 4 is 39.3 Å². The minimum absolute atomic E-state index is 0.147. The maximum Gasteiger partial charge on any atom is 0.247 e. The Labute approximate surface area is 237 Å². The highest BCUT2D eigenvalue weighted by Gasteiger charge is 2.30. The van der Waals surface area contributed by atoms with Crippen molar-refractivity contribution in [1.82, 2.24) is 25.8 Å². The van der Waals surface area contributed by atoms with Crippen molar-refractivity contribution in [2.45, 2.75) is 83.7 Å². The normalized spacial score (nSPS) is 15.5. The van der Waals surface area contributed by atoms with E-state index in [0.717, 1.165) is 40.9 Å². The van der Waals surface area contributed by atoms with E-state index < -0.39 is 6.04 Å². The quantitative estimate of drug-likeness (QED) is 0.304. The number of carbonyl (C=O) groups is 3. The molecule has 0 spiro atoms. The van der Waals surface area contributed by atoms with Crippen LogP contribution in [0.2, 0.25) is 0 Å². The summed E-state index contributed by atoms with van der Waals surface area (Å²) in [5, 5.41) is 9.93. The predicted octanol–water partition coefficient (Wildman–Crippen LogP) is 4.16. The van der Waals surface area contributed by atoms with Gasteiger partial charge in [-0.15, -0.1) is 11.3 Å². The van der Waals surface area contributed by atoms with Gasteiger partial charge in [0.05, 0.1) is 15.2 Å². The number of nitrogens with zero attached hydrogens (tertiary/aromatic N) is 2. The Balaban J connectivity index is 1.75. The molecule has 1 aromatic heterocycles. The molecule has 1 aliphatic rings. The third-order valence-corrected chi connectivity index (χ3v) is 8.28. The lowest BCUT2D eigenvalue weighted by Crippen LogP contribution is -2.55. The zero-order valence-electron chi connectivity index (χ0n) is 24.1. The molecule has 0 bridgehead atoms. The fourth-order valence-electron chi connectivity index (χ4n) is 5.07. The van der Waals surface area contributed by atoms with E-state index in [1.54, 1.807) is 11.3 Å². The Morgan fingerprint density at radius 1 is 1.15 bits per heavy atom. The molecule has 2 aromatic rings. The largest absolute Gasteiger partial charge is 0.350 e. The summed E-state index contributed by atoms with van der Waals surface area (Å²) in [6, 6.07) is 5.33. The van der Waals surface area contributed by atoms with Gasteiger partial charge in [-0.2, -0.15) is 0 Å². The second-order valence-corrected chi connectivity index (χ2v) is 12.4. The molecule has 1 aromatic carbocycles. The molecule has 9 heteroatoms. The van der Waals surface area contributed by atoms with E-state index in [1.807, 2.05) is 32.0 Å². The number of hydrogen-bond donors (Lipinski definition) is 3. The van der Waals surface area contributed by atoms with Gasteiger partial charge < -0.3 is 20.9 Å². The lowest BCUT2D eigenvalue weighted by molar-refractivity contribution is -0.129. The third-order valence-electron chi connectivity index (χ3n) is 7.24. The monoisotopic (exact) mass is 555 g/mol. The Hall–Kier alpha value is -2.78. The Morgan fingerprint density at radius 3 is 2.51 bits per heavy atom. The van der Waals surface area contributed by atoms with Crippen molar-refractivity contribution in [1.29, 1.82) is 0 Å². The minimum atomic E-state index is -0.738. The van der Waals surface area contributed by atoms with Crippen molar-refractivity contribution in [3.8, 4) is 0 Å². The van der Waals surface area contributed by atoms with Crippen LogP contribution in [-0.4, -0.2) is 66.9 Å². The second kappa shape index (κ2) is 14.6. The molecule has 0 aliphatic heterocycles. The molecule has 1 heterocycles. The number of hydrogen-bond acceptors (Lipinski definition) is 6.